The number of esters is 1. The van der Waals surface area contributed by atoms with E-state index in [0.717, 1.165) is 25.1 Å². The summed E-state index contributed by atoms with van der Waals surface area (Å²) in [4.78, 5) is 14.8. The minimum atomic E-state index is -0.130. The zero-order valence-electron chi connectivity index (χ0n) is 17.8. The van der Waals surface area contributed by atoms with Crippen molar-refractivity contribution in [1.82, 2.24) is 0 Å². The van der Waals surface area contributed by atoms with Crippen molar-refractivity contribution >= 4 is 11.7 Å². The molecule has 2 atom stereocenters. The number of carbonyl (C=O) groups is 1. The lowest BCUT2D eigenvalue weighted by molar-refractivity contribution is -0.141. The highest BCUT2D eigenvalue weighted by atomic mass is 16.5. The summed E-state index contributed by atoms with van der Waals surface area (Å²) in [6.45, 7) is 6.71. The number of hydrogen-bond donors (Lipinski definition) is 0. The standard InChI is InChI=1S/C24H31NO4/c1-5-25(6-2)20-9-7-8-17(13-20)14-21-19(16-29-24(21)26)12-18-10-11-22(27-3)23(15-18)28-4/h7-11,13,15,19,21H,5-6,12,14,16H2,1-4H3. The van der Waals surface area contributed by atoms with Crippen molar-refractivity contribution in [2.45, 2.75) is 26.7 Å². The fourth-order valence-electron chi connectivity index (χ4n) is 4.09. The van der Waals surface area contributed by atoms with Crippen LogP contribution in [0.5, 0.6) is 11.5 Å². The maximum absolute atomic E-state index is 12.5. The van der Waals surface area contributed by atoms with Gasteiger partial charge in [0.05, 0.1) is 26.7 Å². The molecular weight excluding hydrogens is 366 g/mol. The topological polar surface area (TPSA) is 48.0 Å². The Hall–Kier alpha value is -2.69. The van der Waals surface area contributed by atoms with Gasteiger partial charge in [0.2, 0.25) is 0 Å². The molecule has 1 fully saturated rings. The molecule has 0 amide bonds. The second kappa shape index (κ2) is 9.68. The molecule has 156 valence electrons. The van der Waals surface area contributed by atoms with E-state index in [1.165, 1.54) is 11.3 Å². The Morgan fingerprint density at radius 2 is 1.69 bits per heavy atom. The van der Waals surface area contributed by atoms with Crippen LogP contribution in [0.4, 0.5) is 5.69 Å². The second-order valence-corrected chi connectivity index (χ2v) is 7.44. The monoisotopic (exact) mass is 397 g/mol. The van der Waals surface area contributed by atoms with E-state index in [0.29, 0.717) is 24.5 Å². The van der Waals surface area contributed by atoms with Gasteiger partial charge in [-0.05, 0) is 62.1 Å². The number of rotatable bonds is 9. The van der Waals surface area contributed by atoms with Crippen LogP contribution in [0.3, 0.4) is 0 Å². The number of cyclic esters (lactones) is 1. The molecule has 3 rings (SSSR count). The van der Waals surface area contributed by atoms with Crippen molar-refractivity contribution < 1.29 is 19.0 Å². The Morgan fingerprint density at radius 1 is 0.966 bits per heavy atom. The van der Waals surface area contributed by atoms with E-state index >= 15 is 0 Å². The minimum Gasteiger partial charge on any atom is -0.493 e. The van der Waals surface area contributed by atoms with Gasteiger partial charge in [-0.3, -0.25) is 4.79 Å². The molecule has 2 aromatic carbocycles. The highest BCUT2D eigenvalue weighted by Crippen LogP contribution is 2.33. The van der Waals surface area contributed by atoms with E-state index in [-0.39, 0.29) is 17.8 Å². The van der Waals surface area contributed by atoms with Crippen molar-refractivity contribution in [1.29, 1.82) is 0 Å². The molecule has 0 aromatic heterocycles. The summed E-state index contributed by atoms with van der Waals surface area (Å²) in [5, 5.41) is 0. The van der Waals surface area contributed by atoms with Gasteiger partial charge in [0, 0.05) is 24.7 Å². The van der Waals surface area contributed by atoms with Crippen LogP contribution in [0, 0.1) is 11.8 Å². The number of anilines is 1. The summed E-state index contributed by atoms with van der Waals surface area (Å²) in [6, 6.07) is 14.4. The smallest absolute Gasteiger partial charge is 0.309 e. The maximum atomic E-state index is 12.5. The second-order valence-electron chi connectivity index (χ2n) is 7.44. The van der Waals surface area contributed by atoms with Gasteiger partial charge in [-0.2, -0.15) is 0 Å². The maximum Gasteiger partial charge on any atom is 0.309 e. The first kappa shape index (κ1) is 21.0. The van der Waals surface area contributed by atoms with Crippen LogP contribution in [0.25, 0.3) is 0 Å². The molecule has 5 nitrogen and oxygen atoms in total. The minimum absolute atomic E-state index is 0.0938. The zero-order valence-corrected chi connectivity index (χ0v) is 17.8. The molecule has 1 saturated heterocycles. The molecule has 0 saturated carbocycles. The van der Waals surface area contributed by atoms with Crippen LogP contribution in [-0.2, 0) is 22.4 Å². The highest BCUT2D eigenvalue weighted by molar-refractivity contribution is 5.75. The molecule has 1 aliphatic heterocycles. The highest BCUT2D eigenvalue weighted by Gasteiger charge is 2.37. The van der Waals surface area contributed by atoms with Crippen LogP contribution in [0.2, 0.25) is 0 Å². The molecule has 0 bridgehead atoms. The molecule has 0 N–H and O–H groups in total. The van der Waals surface area contributed by atoms with Gasteiger partial charge in [0.25, 0.3) is 0 Å². The van der Waals surface area contributed by atoms with Gasteiger partial charge in [0.15, 0.2) is 11.5 Å². The SMILES string of the molecule is CCN(CC)c1cccc(CC2C(=O)OCC2Cc2ccc(OC)c(OC)c2)c1. The van der Waals surface area contributed by atoms with E-state index in [1.54, 1.807) is 14.2 Å². The van der Waals surface area contributed by atoms with E-state index in [2.05, 4.69) is 43.0 Å². The van der Waals surface area contributed by atoms with Crippen molar-refractivity contribution in [2.75, 3.05) is 38.8 Å². The van der Waals surface area contributed by atoms with E-state index in [4.69, 9.17) is 14.2 Å². The van der Waals surface area contributed by atoms with Crippen molar-refractivity contribution in [3.8, 4) is 11.5 Å². The van der Waals surface area contributed by atoms with Crippen LogP contribution < -0.4 is 14.4 Å². The van der Waals surface area contributed by atoms with E-state index in [1.807, 2.05) is 18.2 Å². The normalized spacial score (nSPS) is 18.4. The van der Waals surface area contributed by atoms with Crippen LogP contribution >= 0.6 is 0 Å². The van der Waals surface area contributed by atoms with E-state index < -0.39 is 0 Å². The molecule has 1 heterocycles. The van der Waals surface area contributed by atoms with Gasteiger partial charge in [-0.15, -0.1) is 0 Å². The molecular formula is C24H31NO4. The third kappa shape index (κ3) is 4.84. The van der Waals surface area contributed by atoms with Crippen LogP contribution in [0.15, 0.2) is 42.5 Å². The number of nitrogens with zero attached hydrogens (tertiary/aromatic N) is 1. The predicted molar refractivity (Wildman–Crippen MR) is 115 cm³/mol. The van der Waals surface area contributed by atoms with Crippen molar-refractivity contribution in [3.63, 3.8) is 0 Å². The average molecular weight is 398 g/mol. The summed E-state index contributed by atoms with van der Waals surface area (Å²) < 4.78 is 16.2. The Morgan fingerprint density at radius 3 is 2.38 bits per heavy atom. The lowest BCUT2D eigenvalue weighted by Crippen LogP contribution is -2.23. The molecule has 2 aromatic rings. The third-order valence-electron chi connectivity index (χ3n) is 5.75. The van der Waals surface area contributed by atoms with Gasteiger partial charge >= 0.3 is 5.97 Å². The molecule has 0 radical (unpaired) electrons. The lowest BCUT2D eigenvalue weighted by Gasteiger charge is -2.22. The van der Waals surface area contributed by atoms with Gasteiger partial charge < -0.3 is 19.1 Å². The van der Waals surface area contributed by atoms with Gasteiger partial charge in [0.1, 0.15) is 0 Å². The van der Waals surface area contributed by atoms with Crippen molar-refractivity contribution in [3.05, 3.63) is 53.6 Å². The van der Waals surface area contributed by atoms with Crippen LogP contribution in [0.1, 0.15) is 25.0 Å². The van der Waals surface area contributed by atoms with Gasteiger partial charge in [-0.1, -0.05) is 18.2 Å². The molecule has 0 aliphatic carbocycles. The van der Waals surface area contributed by atoms with Crippen LogP contribution in [-0.4, -0.2) is 39.9 Å². The summed E-state index contributed by atoms with van der Waals surface area (Å²) in [5.41, 5.74) is 3.50. The third-order valence-corrected chi connectivity index (χ3v) is 5.75. The fourth-order valence-corrected chi connectivity index (χ4v) is 4.09. The van der Waals surface area contributed by atoms with Gasteiger partial charge in [-0.25, -0.2) is 0 Å². The predicted octanol–water partition coefficient (Wildman–Crippen LogP) is 4.12. The Kier molecular flexibility index (Phi) is 7.02. The fraction of sp³-hybridized carbons (Fsp3) is 0.458. The van der Waals surface area contributed by atoms with E-state index in [9.17, 15) is 4.79 Å². The number of methoxy groups -OCH3 is 2. The number of benzene rings is 2. The number of hydrogen-bond acceptors (Lipinski definition) is 5. The summed E-state index contributed by atoms with van der Waals surface area (Å²) >= 11 is 0. The largest absolute Gasteiger partial charge is 0.493 e. The molecule has 5 heteroatoms. The molecule has 1 aliphatic rings. The molecule has 2 unspecified atom stereocenters. The summed E-state index contributed by atoms with van der Waals surface area (Å²) in [6.07, 6.45) is 1.47. The van der Waals surface area contributed by atoms with Crippen molar-refractivity contribution in [2.24, 2.45) is 11.8 Å². The first-order valence-electron chi connectivity index (χ1n) is 10.3. The molecule has 29 heavy (non-hydrogen) atoms. The lowest BCUT2D eigenvalue weighted by atomic mass is 9.85. The summed E-state index contributed by atoms with van der Waals surface area (Å²) in [5.74, 6) is 1.34. The average Bonchev–Trinajstić information content (AvgIpc) is 3.08. The Bertz CT molecular complexity index is 831. The number of ether oxygens (including phenoxy) is 3. The Labute approximate surface area is 173 Å². The summed E-state index contributed by atoms with van der Waals surface area (Å²) in [7, 11) is 3.26. The molecule has 0 spiro atoms. The zero-order chi connectivity index (χ0) is 20.8. The first-order valence-corrected chi connectivity index (χ1v) is 10.3. The quantitative estimate of drug-likeness (QED) is 0.596. The Balaban J connectivity index is 1.75. The number of carbonyl (C=O) groups excluding carboxylic acids is 1. The first-order chi connectivity index (χ1) is 14.1.